The van der Waals surface area contributed by atoms with Crippen LogP contribution >= 0.6 is 0 Å². The predicted octanol–water partition coefficient (Wildman–Crippen LogP) is 2.32. The summed E-state index contributed by atoms with van der Waals surface area (Å²) in [5, 5.41) is 0. The fourth-order valence-electron chi connectivity index (χ4n) is 1.59. The topological polar surface area (TPSA) is 3.24 Å². The Morgan fingerprint density at radius 3 is 2.18 bits per heavy atom. The van der Waals surface area contributed by atoms with E-state index < -0.39 is 0 Å². The van der Waals surface area contributed by atoms with Gasteiger partial charge in [0.05, 0.1) is 0 Å². The molecular formula is C9H20FN. The normalized spacial score (nSPS) is 14.5. The zero-order valence-electron chi connectivity index (χ0n) is 8.10. The minimum Gasteiger partial charge on any atom is -0.301 e. The van der Waals surface area contributed by atoms with Gasteiger partial charge in [-0.05, 0) is 19.4 Å². The van der Waals surface area contributed by atoms with Gasteiger partial charge in [0.15, 0.2) is 0 Å². The fourth-order valence-corrected chi connectivity index (χ4v) is 1.59. The summed E-state index contributed by atoms with van der Waals surface area (Å²) in [7, 11) is 1.99. The van der Waals surface area contributed by atoms with E-state index in [2.05, 4.69) is 25.7 Å². The molecule has 68 valence electrons. The van der Waals surface area contributed by atoms with Crippen LogP contribution in [0.1, 0.15) is 27.2 Å². The van der Waals surface area contributed by atoms with Crippen LogP contribution in [0.2, 0.25) is 0 Å². The highest BCUT2D eigenvalue weighted by molar-refractivity contribution is 4.69. The van der Waals surface area contributed by atoms with E-state index in [0.29, 0.717) is 18.5 Å². The van der Waals surface area contributed by atoms with E-state index in [-0.39, 0.29) is 6.67 Å². The Morgan fingerprint density at radius 2 is 1.91 bits per heavy atom. The first-order valence-corrected chi connectivity index (χ1v) is 4.39. The lowest BCUT2D eigenvalue weighted by Gasteiger charge is -2.29. The Morgan fingerprint density at radius 1 is 1.36 bits per heavy atom. The third kappa shape index (κ3) is 3.71. The minimum absolute atomic E-state index is 0.236. The Labute approximate surface area is 69.6 Å². The van der Waals surface area contributed by atoms with Gasteiger partial charge in [-0.1, -0.05) is 20.8 Å². The van der Waals surface area contributed by atoms with Crippen LogP contribution < -0.4 is 0 Å². The summed E-state index contributed by atoms with van der Waals surface area (Å²) >= 11 is 0. The summed E-state index contributed by atoms with van der Waals surface area (Å²) in [6, 6.07) is 0.533. The van der Waals surface area contributed by atoms with Crippen molar-refractivity contribution >= 4 is 0 Å². The molecule has 0 rings (SSSR count). The van der Waals surface area contributed by atoms with Crippen LogP contribution in [0, 0.1) is 5.92 Å². The van der Waals surface area contributed by atoms with E-state index in [1.807, 2.05) is 7.05 Å². The number of hydrogen-bond acceptors (Lipinski definition) is 1. The molecule has 2 heteroatoms. The minimum atomic E-state index is -0.236. The van der Waals surface area contributed by atoms with E-state index in [9.17, 15) is 4.39 Å². The highest BCUT2D eigenvalue weighted by Gasteiger charge is 2.15. The molecule has 11 heavy (non-hydrogen) atoms. The Bertz CT molecular complexity index is 93.6. The predicted molar refractivity (Wildman–Crippen MR) is 47.5 cm³/mol. The number of alkyl halides is 1. The molecule has 0 aromatic heterocycles. The maximum absolute atomic E-state index is 12.0. The first kappa shape index (κ1) is 10.9. The Kier molecular flexibility index (Phi) is 5.47. The molecule has 0 aliphatic carbocycles. The van der Waals surface area contributed by atoms with Crippen LogP contribution in [0.3, 0.4) is 0 Å². The van der Waals surface area contributed by atoms with Crippen LogP contribution in [0.4, 0.5) is 4.39 Å². The summed E-state index contributed by atoms with van der Waals surface area (Å²) in [6.45, 7) is 6.85. The molecule has 0 saturated heterocycles. The lowest BCUT2D eigenvalue weighted by atomic mass is 10.0. The third-order valence-electron chi connectivity index (χ3n) is 2.19. The highest BCUT2D eigenvalue weighted by atomic mass is 19.1. The molecule has 0 aromatic carbocycles. The smallest absolute Gasteiger partial charge is 0.102 e. The molecular weight excluding hydrogens is 141 g/mol. The van der Waals surface area contributed by atoms with Crippen molar-refractivity contribution in [2.45, 2.75) is 33.2 Å². The zero-order valence-corrected chi connectivity index (χ0v) is 8.10. The Hall–Kier alpha value is -0.110. The molecule has 0 radical (unpaired) electrons. The van der Waals surface area contributed by atoms with E-state index in [4.69, 9.17) is 0 Å². The number of halogens is 1. The summed E-state index contributed by atoms with van der Waals surface area (Å²) in [5.41, 5.74) is 0. The molecule has 0 aliphatic heterocycles. The van der Waals surface area contributed by atoms with Crippen molar-refractivity contribution in [3.63, 3.8) is 0 Å². The van der Waals surface area contributed by atoms with Crippen LogP contribution in [0.15, 0.2) is 0 Å². The van der Waals surface area contributed by atoms with E-state index in [1.165, 1.54) is 0 Å². The van der Waals surface area contributed by atoms with Crippen molar-refractivity contribution in [3.8, 4) is 0 Å². The van der Waals surface area contributed by atoms with Crippen LogP contribution in [0.5, 0.6) is 0 Å². The van der Waals surface area contributed by atoms with Crippen molar-refractivity contribution in [1.29, 1.82) is 0 Å². The van der Waals surface area contributed by atoms with Gasteiger partial charge >= 0.3 is 0 Å². The molecule has 0 N–H and O–H groups in total. The average molecular weight is 161 g/mol. The molecule has 1 nitrogen and oxygen atoms in total. The first-order chi connectivity index (χ1) is 5.13. The third-order valence-corrected chi connectivity index (χ3v) is 2.19. The van der Waals surface area contributed by atoms with Gasteiger partial charge in [0.1, 0.15) is 6.67 Å². The number of rotatable bonds is 5. The first-order valence-electron chi connectivity index (χ1n) is 4.39. The summed E-state index contributed by atoms with van der Waals surface area (Å²) in [5.74, 6) is 0.622. The average Bonchev–Trinajstić information content (AvgIpc) is 1.88. The molecule has 0 spiro atoms. The largest absolute Gasteiger partial charge is 0.301 e. The summed E-state index contributed by atoms with van der Waals surface area (Å²) in [4.78, 5) is 2.10. The van der Waals surface area contributed by atoms with Gasteiger partial charge in [0.2, 0.25) is 0 Å². The summed E-state index contributed by atoms with van der Waals surface area (Å²) < 4.78 is 12.0. The number of hydrogen-bond donors (Lipinski definition) is 0. The molecule has 0 amide bonds. The molecule has 0 aliphatic rings. The van der Waals surface area contributed by atoms with Gasteiger partial charge in [0.25, 0.3) is 0 Å². The monoisotopic (exact) mass is 161 g/mol. The molecule has 0 saturated carbocycles. The van der Waals surface area contributed by atoms with Crippen molar-refractivity contribution in [1.82, 2.24) is 4.90 Å². The van der Waals surface area contributed by atoms with Gasteiger partial charge < -0.3 is 4.90 Å². The SMILES string of the molecule is CCC(C(C)C)N(C)CCF. The van der Waals surface area contributed by atoms with Crippen LogP contribution in [-0.2, 0) is 0 Å². The van der Waals surface area contributed by atoms with Crippen molar-refractivity contribution in [2.24, 2.45) is 5.92 Å². The molecule has 0 fully saturated rings. The van der Waals surface area contributed by atoms with Gasteiger partial charge in [-0.15, -0.1) is 0 Å². The van der Waals surface area contributed by atoms with Crippen LogP contribution in [0.25, 0.3) is 0 Å². The standard InChI is InChI=1S/C9H20FN/c1-5-9(8(2)3)11(4)7-6-10/h8-9H,5-7H2,1-4H3. The molecule has 1 unspecified atom stereocenters. The second-order valence-electron chi connectivity index (χ2n) is 3.39. The van der Waals surface area contributed by atoms with E-state index in [1.54, 1.807) is 0 Å². The second kappa shape index (κ2) is 5.53. The lowest BCUT2D eigenvalue weighted by molar-refractivity contribution is 0.174. The Balaban J connectivity index is 3.81. The van der Waals surface area contributed by atoms with Crippen LogP contribution in [-0.4, -0.2) is 31.2 Å². The van der Waals surface area contributed by atoms with E-state index >= 15 is 0 Å². The molecule has 0 heterocycles. The van der Waals surface area contributed by atoms with E-state index in [0.717, 1.165) is 6.42 Å². The quantitative estimate of drug-likeness (QED) is 0.598. The molecule has 0 aromatic rings. The zero-order chi connectivity index (χ0) is 8.85. The van der Waals surface area contributed by atoms with Crippen molar-refractivity contribution in [3.05, 3.63) is 0 Å². The maximum atomic E-state index is 12.0. The lowest BCUT2D eigenvalue weighted by Crippen LogP contribution is -2.36. The number of nitrogens with zero attached hydrogens (tertiary/aromatic N) is 1. The van der Waals surface area contributed by atoms with Gasteiger partial charge in [-0.3, -0.25) is 0 Å². The van der Waals surface area contributed by atoms with Gasteiger partial charge in [0, 0.05) is 12.6 Å². The highest BCUT2D eigenvalue weighted by Crippen LogP contribution is 2.11. The maximum Gasteiger partial charge on any atom is 0.102 e. The van der Waals surface area contributed by atoms with Crippen molar-refractivity contribution in [2.75, 3.05) is 20.3 Å². The van der Waals surface area contributed by atoms with Crippen molar-refractivity contribution < 1.29 is 4.39 Å². The van der Waals surface area contributed by atoms with Gasteiger partial charge in [-0.25, -0.2) is 4.39 Å². The fraction of sp³-hybridized carbons (Fsp3) is 1.00. The molecule has 0 bridgehead atoms. The summed E-state index contributed by atoms with van der Waals surface area (Å²) in [6.07, 6.45) is 1.11. The second-order valence-corrected chi connectivity index (χ2v) is 3.39. The molecule has 1 atom stereocenters. The van der Waals surface area contributed by atoms with Gasteiger partial charge in [-0.2, -0.15) is 0 Å².